The summed E-state index contributed by atoms with van der Waals surface area (Å²) in [7, 11) is 0. The molecule has 1 N–H and O–H groups in total. The lowest BCUT2D eigenvalue weighted by atomic mass is 10.1. The summed E-state index contributed by atoms with van der Waals surface area (Å²) in [5.74, 6) is -0.206. The van der Waals surface area contributed by atoms with E-state index in [0.717, 1.165) is 23.9 Å². The number of alkyl halides is 3. The van der Waals surface area contributed by atoms with Crippen molar-refractivity contribution in [2.24, 2.45) is 0 Å². The number of hydrogen-bond acceptors (Lipinski definition) is 3. The van der Waals surface area contributed by atoms with E-state index < -0.39 is 17.3 Å². The summed E-state index contributed by atoms with van der Waals surface area (Å²) >= 11 is 0.996. The van der Waals surface area contributed by atoms with Crippen LogP contribution in [0.2, 0.25) is 0 Å². The number of carbonyl (C=O) groups excluding carboxylic acids is 1. The monoisotopic (exact) mass is 288 g/mol. The smallest absolute Gasteiger partial charge is 0.356 e. The molecule has 0 aliphatic heterocycles. The molecule has 0 unspecified atom stereocenters. The van der Waals surface area contributed by atoms with Crippen molar-refractivity contribution in [3.05, 3.63) is 29.3 Å². The molecule has 0 atom stereocenters. The summed E-state index contributed by atoms with van der Waals surface area (Å²) in [6, 6.07) is 4.91. The number of hydrogen-bond donors (Lipinski definition) is 1. The van der Waals surface area contributed by atoms with Crippen LogP contribution in [0.5, 0.6) is 0 Å². The fourth-order valence-electron chi connectivity index (χ4n) is 1.34. The highest BCUT2D eigenvalue weighted by molar-refractivity contribution is 8.00. The number of nitriles is 1. The number of halogens is 3. The van der Waals surface area contributed by atoms with Gasteiger partial charge in [-0.3, -0.25) is 4.79 Å². The Hall–Kier alpha value is -1.68. The molecule has 0 spiro atoms. The molecule has 0 fully saturated rings. The molecule has 1 rings (SSSR count). The van der Waals surface area contributed by atoms with Gasteiger partial charge in [0.25, 0.3) is 0 Å². The number of amides is 1. The van der Waals surface area contributed by atoms with Crippen LogP contribution in [-0.2, 0) is 11.0 Å². The average Bonchev–Trinajstić information content (AvgIpc) is 2.35. The lowest BCUT2D eigenvalue weighted by Gasteiger charge is -2.10. The van der Waals surface area contributed by atoms with Gasteiger partial charge in [-0.25, -0.2) is 0 Å². The van der Waals surface area contributed by atoms with E-state index in [-0.39, 0.29) is 11.7 Å². The van der Waals surface area contributed by atoms with Gasteiger partial charge >= 0.3 is 6.18 Å². The summed E-state index contributed by atoms with van der Waals surface area (Å²) in [6.45, 7) is 2.23. The Morgan fingerprint density at radius 3 is 2.68 bits per heavy atom. The maximum Gasteiger partial charge on any atom is 0.417 e. The van der Waals surface area contributed by atoms with Crippen LogP contribution in [0.4, 0.5) is 13.2 Å². The minimum atomic E-state index is -4.58. The summed E-state index contributed by atoms with van der Waals surface area (Å²) in [4.78, 5) is 11.5. The van der Waals surface area contributed by atoms with Crippen molar-refractivity contribution < 1.29 is 18.0 Å². The Kier molecular flexibility index (Phi) is 5.24. The highest BCUT2D eigenvalue weighted by Crippen LogP contribution is 2.34. The first-order valence-electron chi connectivity index (χ1n) is 5.39. The van der Waals surface area contributed by atoms with Crippen molar-refractivity contribution in [3.63, 3.8) is 0 Å². The van der Waals surface area contributed by atoms with Crippen LogP contribution in [0.25, 0.3) is 0 Å². The van der Waals surface area contributed by atoms with Crippen molar-refractivity contribution in [1.82, 2.24) is 5.32 Å². The second-order valence-electron chi connectivity index (χ2n) is 3.56. The van der Waals surface area contributed by atoms with E-state index in [1.807, 2.05) is 0 Å². The zero-order valence-electron chi connectivity index (χ0n) is 10.0. The molecule has 0 saturated carbocycles. The Morgan fingerprint density at radius 1 is 1.47 bits per heavy atom. The third kappa shape index (κ3) is 4.48. The lowest BCUT2D eigenvalue weighted by Crippen LogP contribution is -2.24. The van der Waals surface area contributed by atoms with E-state index in [9.17, 15) is 18.0 Å². The molecule has 0 aliphatic carbocycles. The topological polar surface area (TPSA) is 52.9 Å². The molecule has 1 aromatic carbocycles. The van der Waals surface area contributed by atoms with E-state index in [2.05, 4.69) is 5.32 Å². The zero-order chi connectivity index (χ0) is 14.5. The fourth-order valence-corrected chi connectivity index (χ4v) is 2.11. The molecule has 1 amide bonds. The highest BCUT2D eigenvalue weighted by atomic mass is 32.2. The summed E-state index contributed by atoms with van der Waals surface area (Å²) < 4.78 is 38.1. The maximum absolute atomic E-state index is 12.7. The van der Waals surface area contributed by atoms with E-state index >= 15 is 0 Å². The number of nitrogens with one attached hydrogen (secondary N) is 1. The van der Waals surface area contributed by atoms with Crippen LogP contribution >= 0.6 is 11.8 Å². The minimum Gasteiger partial charge on any atom is -0.356 e. The molecule has 7 heteroatoms. The Morgan fingerprint density at radius 2 is 2.16 bits per heavy atom. The minimum absolute atomic E-state index is 0.0387. The molecule has 102 valence electrons. The van der Waals surface area contributed by atoms with Crippen LogP contribution < -0.4 is 5.32 Å². The quantitative estimate of drug-likeness (QED) is 0.867. The molecule has 1 aromatic rings. The first kappa shape index (κ1) is 15.4. The van der Waals surface area contributed by atoms with Crippen molar-refractivity contribution in [3.8, 4) is 6.07 Å². The average molecular weight is 288 g/mol. The largest absolute Gasteiger partial charge is 0.417 e. The first-order chi connectivity index (χ1) is 8.88. The van der Waals surface area contributed by atoms with Gasteiger partial charge in [0.15, 0.2) is 0 Å². The van der Waals surface area contributed by atoms with E-state index in [1.165, 1.54) is 12.1 Å². The maximum atomic E-state index is 12.7. The molecule has 0 saturated heterocycles. The van der Waals surface area contributed by atoms with Crippen LogP contribution in [0.15, 0.2) is 23.1 Å². The highest BCUT2D eigenvalue weighted by Gasteiger charge is 2.33. The molecule has 0 bridgehead atoms. The second kappa shape index (κ2) is 6.48. The third-order valence-corrected chi connectivity index (χ3v) is 3.15. The van der Waals surface area contributed by atoms with Crippen molar-refractivity contribution in [2.45, 2.75) is 18.0 Å². The van der Waals surface area contributed by atoms with E-state index in [0.29, 0.717) is 11.4 Å². The third-order valence-electron chi connectivity index (χ3n) is 2.16. The molecule has 0 aliphatic rings. The Bertz CT molecular complexity index is 509. The first-order valence-corrected chi connectivity index (χ1v) is 6.38. The van der Waals surface area contributed by atoms with Gasteiger partial charge < -0.3 is 5.32 Å². The molecule has 0 radical (unpaired) electrons. The summed E-state index contributed by atoms with van der Waals surface area (Å²) in [5, 5.41) is 11.2. The standard InChI is InChI=1S/C12H11F3N2OS/c1-2-17-11(18)7-19-9-4-3-8(6-16)10(5-9)12(13,14)15/h3-5H,2,7H2,1H3,(H,17,18). The van der Waals surface area contributed by atoms with Crippen molar-refractivity contribution >= 4 is 17.7 Å². The number of nitrogens with zero attached hydrogens (tertiary/aromatic N) is 1. The summed E-state index contributed by atoms with van der Waals surface area (Å²) in [5.41, 5.74) is -1.40. The zero-order valence-corrected chi connectivity index (χ0v) is 10.9. The van der Waals surface area contributed by atoms with Gasteiger partial charge in [-0.2, -0.15) is 18.4 Å². The Balaban J connectivity index is 2.88. The molecule has 0 heterocycles. The van der Waals surface area contributed by atoms with Crippen LogP contribution in [0.3, 0.4) is 0 Å². The van der Waals surface area contributed by atoms with Crippen LogP contribution in [0.1, 0.15) is 18.1 Å². The second-order valence-corrected chi connectivity index (χ2v) is 4.61. The summed E-state index contributed by atoms with van der Waals surface area (Å²) in [6.07, 6.45) is -4.58. The van der Waals surface area contributed by atoms with Gasteiger partial charge in [-0.05, 0) is 25.1 Å². The number of carbonyl (C=O) groups is 1. The number of rotatable bonds is 4. The van der Waals surface area contributed by atoms with Gasteiger partial charge in [-0.1, -0.05) is 0 Å². The van der Waals surface area contributed by atoms with Gasteiger partial charge in [0, 0.05) is 11.4 Å². The molecular weight excluding hydrogens is 277 g/mol. The van der Waals surface area contributed by atoms with Crippen molar-refractivity contribution in [1.29, 1.82) is 5.26 Å². The van der Waals surface area contributed by atoms with Crippen molar-refractivity contribution in [2.75, 3.05) is 12.3 Å². The predicted molar refractivity (Wildman–Crippen MR) is 65.6 cm³/mol. The van der Waals surface area contributed by atoms with E-state index in [4.69, 9.17) is 5.26 Å². The Labute approximate surface area is 112 Å². The number of benzene rings is 1. The molecule has 19 heavy (non-hydrogen) atoms. The normalized spacial score (nSPS) is 10.9. The number of thioether (sulfide) groups is 1. The predicted octanol–water partition coefficient (Wildman–Crippen LogP) is 2.81. The van der Waals surface area contributed by atoms with Gasteiger partial charge in [0.1, 0.15) is 0 Å². The van der Waals surface area contributed by atoms with Gasteiger partial charge in [0.2, 0.25) is 5.91 Å². The van der Waals surface area contributed by atoms with Crippen LogP contribution in [0, 0.1) is 11.3 Å². The van der Waals surface area contributed by atoms with Gasteiger partial charge in [0.05, 0.1) is 22.9 Å². The van der Waals surface area contributed by atoms with E-state index in [1.54, 1.807) is 6.92 Å². The SMILES string of the molecule is CCNC(=O)CSc1ccc(C#N)c(C(F)(F)F)c1. The molecule has 3 nitrogen and oxygen atoms in total. The van der Waals surface area contributed by atoms with Gasteiger partial charge in [-0.15, -0.1) is 11.8 Å². The fraction of sp³-hybridized carbons (Fsp3) is 0.333. The van der Waals surface area contributed by atoms with Crippen LogP contribution in [-0.4, -0.2) is 18.2 Å². The molecular formula is C12H11F3N2OS. The lowest BCUT2D eigenvalue weighted by molar-refractivity contribution is -0.137. The molecule has 0 aromatic heterocycles.